The Hall–Kier alpha value is -3.60. The van der Waals surface area contributed by atoms with Crippen molar-refractivity contribution in [2.75, 3.05) is 18.2 Å². The summed E-state index contributed by atoms with van der Waals surface area (Å²) in [5.41, 5.74) is 0.477. The summed E-state index contributed by atoms with van der Waals surface area (Å²) in [5, 5.41) is 10.8. The number of aromatic nitrogens is 4. The van der Waals surface area contributed by atoms with Crippen molar-refractivity contribution in [2.24, 2.45) is 0 Å². The monoisotopic (exact) mass is 443 g/mol. The topological polar surface area (TPSA) is 132 Å². The summed E-state index contributed by atoms with van der Waals surface area (Å²) in [5.74, 6) is 0.728. The summed E-state index contributed by atoms with van der Waals surface area (Å²) in [6.45, 7) is 5.28. The molecule has 2 N–H and O–H groups in total. The molecule has 0 spiro atoms. The third kappa shape index (κ3) is 5.51. The maximum atomic E-state index is 12.6. The maximum Gasteiger partial charge on any atom is 0.328 e. The Kier molecular flexibility index (Phi) is 7.08. The molecule has 0 aliphatic heterocycles. The average molecular weight is 443 g/mol. The molecule has 0 atom stereocenters. The van der Waals surface area contributed by atoms with Gasteiger partial charge in [-0.15, -0.1) is 16.8 Å². The second-order valence-corrected chi connectivity index (χ2v) is 7.37. The van der Waals surface area contributed by atoms with Crippen molar-refractivity contribution < 1.29 is 13.9 Å². The van der Waals surface area contributed by atoms with Crippen LogP contribution in [0.25, 0.3) is 0 Å². The summed E-state index contributed by atoms with van der Waals surface area (Å²) in [7, 11) is 1.57. The molecule has 0 saturated carbocycles. The number of hydrogen-bond acceptors (Lipinski definition) is 8. The number of rotatable bonds is 9. The fraction of sp³-hybridized carbons (Fsp3) is 0.250. The minimum absolute atomic E-state index is 0.0597. The van der Waals surface area contributed by atoms with Gasteiger partial charge < -0.3 is 19.5 Å². The lowest BCUT2D eigenvalue weighted by Crippen LogP contribution is -2.37. The van der Waals surface area contributed by atoms with Crippen LogP contribution in [0.4, 0.5) is 5.69 Å². The van der Waals surface area contributed by atoms with E-state index in [1.807, 2.05) is 0 Å². The molecule has 31 heavy (non-hydrogen) atoms. The van der Waals surface area contributed by atoms with Gasteiger partial charge in [0.1, 0.15) is 5.75 Å². The normalized spacial score (nSPS) is 10.6. The number of amides is 1. The Morgan fingerprint density at radius 3 is 2.74 bits per heavy atom. The van der Waals surface area contributed by atoms with Crippen LogP contribution in [0, 0.1) is 6.92 Å². The van der Waals surface area contributed by atoms with Crippen LogP contribution in [0.15, 0.2) is 56.1 Å². The molecule has 11 heteroatoms. The molecular weight excluding hydrogens is 422 g/mol. The highest BCUT2D eigenvalue weighted by Gasteiger charge is 2.16. The number of nitrogens with zero attached hydrogens (tertiary/aromatic N) is 3. The first-order valence-electron chi connectivity index (χ1n) is 9.23. The number of methoxy groups -OCH3 is 1. The summed E-state index contributed by atoms with van der Waals surface area (Å²) >= 11 is 1.08. The summed E-state index contributed by atoms with van der Waals surface area (Å²) in [6, 6.07) is 6.96. The van der Waals surface area contributed by atoms with Gasteiger partial charge in [-0.05, 0) is 31.2 Å². The number of carbonyl (C=O) groups is 1. The van der Waals surface area contributed by atoms with Crippen LogP contribution in [-0.2, 0) is 17.8 Å². The zero-order valence-corrected chi connectivity index (χ0v) is 17.8. The van der Waals surface area contributed by atoms with E-state index in [-0.39, 0.29) is 35.7 Å². The number of aryl methyl sites for hydroxylation is 1. The molecule has 0 saturated heterocycles. The number of ether oxygens (including phenoxy) is 1. The van der Waals surface area contributed by atoms with Crippen molar-refractivity contribution in [3.8, 4) is 5.75 Å². The van der Waals surface area contributed by atoms with Crippen LogP contribution in [0.5, 0.6) is 5.75 Å². The molecule has 10 nitrogen and oxygen atoms in total. The van der Waals surface area contributed by atoms with Crippen molar-refractivity contribution in [2.45, 2.75) is 25.1 Å². The van der Waals surface area contributed by atoms with E-state index < -0.39 is 11.2 Å². The largest absolute Gasteiger partial charge is 0.497 e. The Morgan fingerprint density at radius 1 is 1.32 bits per heavy atom. The van der Waals surface area contributed by atoms with E-state index in [1.54, 1.807) is 38.3 Å². The Labute approximate surface area is 181 Å². The first-order chi connectivity index (χ1) is 14.9. The smallest absolute Gasteiger partial charge is 0.328 e. The number of carbonyl (C=O) groups excluding carboxylic acids is 1. The molecule has 2 aromatic heterocycles. The van der Waals surface area contributed by atoms with Gasteiger partial charge in [0.2, 0.25) is 11.8 Å². The summed E-state index contributed by atoms with van der Waals surface area (Å²) in [4.78, 5) is 39.3. The zero-order chi connectivity index (χ0) is 22.4. The van der Waals surface area contributed by atoms with Gasteiger partial charge in [-0.1, -0.05) is 17.8 Å². The van der Waals surface area contributed by atoms with Crippen molar-refractivity contribution in [3.05, 3.63) is 74.9 Å². The average Bonchev–Trinajstić information content (AvgIpc) is 3.21. The molecule has 162 valence electrons. The molecular formula is C20H21N5O5S. The number of H-pyrrole nitrogens is 1. The SMILES string of the molecule is C=CCn1c(=O)[nH]c(C)c(Cc2nnc(SCC(=O)Nc3ccc(OC)cc3)o2)c1=O. The fourth-order valence-corrected chi connectivity index (χ4v) is 3.32. The molecule has 0 unspecified atom stereocenters. The number of nitrogens with one attached hydrogen (secondary N) is 2. The van der Waals surface area contributed by atoms with Gasteiger partial charge in [0.15, 0.2) is 0 Å². The van der Waals surface area contributed by atoms with E-state index >= 15 is 0 Å². The van der Waals surface area contributed by atoms with Crippen LogP contribution in [0.1, 0.15) is 17.1 Å². The molecule has 2 heterocycles. The second-order valence-electron chi connectivity index (χ2n) is 6.44. The molecule has 1 amide bonds. The standard InChI is InChI=1S/C20H21N5O5S/c1-4-9-25-18(27)15(12(2)21-19(25)28)10-17-23-24-20(30-17)31-11-16(26)22-13-5-7-14(29-3)8-6-13/h4-8H,1,9-11H2,2-3H3,(H,21,28)(H,22,26). The van der Waals surface area contributed by atoms with Gasteiger partial charge in [-0.3, -0.25) is 14.2 Å². The van der Waals surface area contributed by atoms with Gasteiger partial charge in [0, 0.05) is 23.5 Å². The number of thioether (sulfide) groups is 1. The number of allylic oxidation sites excluding steroid dienone is 1. The number of benzene rings is 1. The van der Waals surface area contributed by atoms with Crippen molar-refractivity contribution in [1.82, 2.24) is 19.7 Å². The molecule has 0 radical (unpaired) electrons. The van der Waals surface area contributed by atoms with Gasteiger partial charge in [0.05, 0.1) is 19.3 Å². The van der Waals surface area contributed by atoms with Gasteiger partial charge in [0.25, 0.3) is 10.8 Å². The third-order valence-electron chi connectivity index (χ3n) is 4.28. The highest BCUT2D eigenvalue weighted by molar-refractivity contribution is 7.99. The van der Waals surface area contributed by atoms with E-state index in [0.29, 0.717) is 22.7 Å². The fourth-order valence-electron chi connectivity index (χ4n) is 2.74. The molecule has 3 aromatic rings. The minimum Gasteiger partial charge on any atom is -0.497 e. The third-order valence-corrected chi connectivity index (χ3v) is 5.10. The zero-order valence-electron chi connectivity index (χ0n) is 17.0. The van der Waals surface area contributed by atoms with E-state index in [1.165, 1.54) is 6.08 Å². The summed E-state index contributed by atoms with van der Waals surface area (Å²) < 4.78 is 11.7. The second kappa shape index (κ2) is 9.94. The Bertz CT molecular complexity index is 1200. The highest BCUT2D eigenvalue weighted by Crippen LogP contribution is 2.19. The highest BCUT2D eigenvalue weighted by atomic mass is 32.2. The number of hydrogen-bond donors (Lipinski definition) is 2. The maximum absolute atomic E-state index is 12.6. The summed E-state index contributed by atoms with van der Waals surface area (Å²) in [6.07, 6.45) is 1.53. The minimum atomic E-state index is -0.504. The lowest BCUT2D eigenvalue weighted by atomic mass is 10.1. The quantitative estimate of drug-likeness (QED) is 0.378. The predicted molar refractivity (Wildman–Crippen MR) is 116 cm³/mol. The van der Waals surface area contributed by atoms with E-state index in [4.69, 9.17) is 9.15 Å². The van der Waals surface area contributed by atoms with Crippen molar-refractivity contribution in [1.29, 1.82) is 0 Å². The Morgan fingerprint density at radius 2 is 2.06 bits per heavy atom. The number of aromatic amines is 1. The molecule has 0 aliphatic carbocycles. The Balaban J connectivity index is 1.62. The van der Waals surface area contributed by atoms with E-state index in [9.17, 15) is 14.4 Å². The molecule has 1 aromatic carbocycles. The van der Waals surface area contributed by atoms with E-state index in [2.05, 4.69) is 27.1 Å². The van der Waals surface area contributed by atoms with Crippen LogP contribution in [0.3, 0.4) is 0 Å². The van der Waals surface area contributed by atoms with Gasteiger partial charge in [-0.25, -0.2) is 4.79 Å². The van der Waals surface area contributed by atoms with Gasteiger partial charge >= 0.3 is 5.69 Å². The molecule has 0 bridgehead atoms. The van der Waals surface area contributed by atoms with Gasteiger partial charge in [-0.2, -0.15) is 0 Å². The van der Waals surface area contributed by atoms with Crippen LogP contribution >= 0.6 is 11.8 Å². The lowest BCUT2D eigenvalue weighted by molar-refractivity contribution is -0.113. The molecule has 0 aliphatic rings. The van der Waals surface area contributed by atoms with Crippen molar-refractivity contribution in [3.63, 3.8) is 0 Å². The first-order valence-corrected chi connectivity index (χ1v) is 10.2. The molecule has 3 rings (SSSR count). The van der Waals surface area contributed by atoms with E-state index in [0.717, 1.165) is 16.3 Å². The number of anilines is 1. The van der Waals surface area contributed by atoms with Crippen LogP contribution in [0.2, 0.25) is 0 Å². The molecule has 0 fully saturated rings. The lowest BCUT2D eigenvalue weighted by Gasteiger charge is -2.06. The predicted octanol–water partition coefficient (Wildman–Crippen LogP) is 1.74. The van der Waals surface area contributed by atoms with Crippen LogP contribution in [-0.4, -0.2) is 38.5 Å². The van der Waals surface area contributed by atoms with Crippen LogP contribution < -0.4 is 21.3 Å². The van der Waals surface area contributed by atoms with Crippen molar-refractivity contribution >= 4 is 23.4 Å². The first kappa shape index (κ1) is 22.1.